The van der Waals surface area contributed by atoms with E-state index in [9.17, 15) is 4.39 Å². The lowest BCUT2D eigenvalue weighted by Gasteiger charge is -2.31. The molecule has 17 heavy (non-hydrogen) atoms. The SMILES string of the molecule is CCC1CCN(Cc2cccc(N)c2F)CC1. The van der Waals surface area contributed by atoms with Crippen LogP contribution in [0, 0.1) is 11.7 Å². The highest BCUT2D eigenvalue weighted by Gasteiger charge is 2.18. The van der Waals surface area contributed by atoms with Crippen molar-refractivity contribution in [2.24, 2.45) is 5.92 Å². The second kappa shape index (κ2) is 5.50. The Balaban J connectivity index is 1.95. The van der Waals surface area contributed by atoms with E-state index in [1.165, 1.54) is 19.3 Å². The van der Waals surface area contributed by atoms with Crippen LogP contribution in [0.2, 0.25) is 0 Å². The summed E-state index contributed by atoms with van der Waals surface area (Å²) < 4.78 is 13.7. The van der Waals surface area contributed by atoms with Crippen molar-refractivity contribution in [2.45, 2.75) is 32.7 Å². The summed E-state index contributed by atoms with van der Waals surface area (Å²) in [6.45, 7) is 5.09. The first-order valence-corrected chi connectivity index (χ1v) is 6.46. The molecule has 0 aliphatic carbocycles. The fourth-order valence-electron chi connectivity index (χ4n) is 2.52. The van der Waals surface area contributed by atoms with E-state index < -0.39 is 0 Å². The van der Waals surface area contributed by atoms with Crippen molar-refractivity contribution < 1.29 is 4.39 Å². The van der Waals surface area contributed by atoms with Crippen LogP contribution < -0.4 is 5.73 Å². The number of hydrogen-bond acceptors (Lipinski definition) is 2. The van der Waals surface area contributed by atoms with E-state index in [0.717, 1.165) is 24.6 Å². The summed E-state index contributed by atoms with van der Waals surface area (Å²) in [5.41, 5.74) is 6.55. The van der Waals surface area contributed by atoms with Crippen LogP contribution in [0.5, 0.6) is 0 Å². The average Bonchev–Trinajstić information content (AvgIpc) is 2.36. The number of anilines is 1. The van der Waals surface area contributed by atoms with Gasteiger partial charge in [-0.1, -0.05) is 25.5 Å². The molecular formula is C14H21FN2. The number of likely N-dealkylation sites (tertiary alicyclic amines) is 1. The van der Waals surface area contributed by atoms with Gasteiger partial charge in [0.15, 0.2) is 5.82 Å². The molecule has 1 fully saturated rings. The molecule has 0 bridgehead atoms. The summed E-state index contributed by atoms with van der Waals surface area (Å²) in [5.74, 6) is 0.613. The molecule has 3 heteroatoms. The molecule has 2 nitrogen and oxygen atoms in total. The lowest BCUT2D eigenvalue weighted by Crippen LogP contribution is -2.33. The molecule has 1 aromatic rings. The number of nitrogen functional groups attached to an aromatic ring is 1. The first-order valence-electron chi connectivity index (χ1n) is 6.46. The highest BCUT2D eigenvalue weighted by molar-refractivity contribution is 5.42. The Morgan fingerprint density at radius 3 is 2.71 bits per heavy atom. The van der Waals surface area contributed by atoms with Crippen LogP contribution in [0.3, 0.4) is 0 Å². The lowest BCUT2D eigenvalue weighted by molar-refractivity contribution is 0.173. The maximum atomic E-state index is 13.7. The minimum Gasteiger partial charge on any atom is -0.396 e. The molecule has 2 rings (SSSR count). The Bertz CT molecular complexity index is 370. The predicted octanol–water partition coefficient (Wildman–Crippen LogP) is 3.03. The minimum atomic E-state index is -0.245. The van der Waals surface area contributed by atoms with Crippen LogP contribution in [0.15, 0.2) is 18.2 Å². The number of benzene rings is 1. The zero-order valence-corrected chi connectivity index (χ0v) is 10.5. The van der Waals surface area contributed by atoms with Crippen LogP contribution in [0.1, 0.15) is 31.7 Å². The fourth-order valence-corrected chi connectivity index (χ4v) is 2.52. The number of halogens is 1. The second-order valence-corrected chi connectivity index (χ2v) is 4.95. The molecule has 0 aromatic heterocycles. The zero-order valence-electron chi connectivity index (χ0n) is 10.5. The van der Waals surface area contributed by atoms with Crippen LogP contribution in [0.4, 0.5) is 10.1 Å². The Morgan fingerprint density at radius 2 is 2.06 bits per heavy atom. The third-order valence-corrected chi connectivity index (χ3v) is 3.79. The smallest absolute Gasteiger partial charge is 0.150 e. The van der Waals surface area contributed by atoms with Crippen molar-refractivity contribution in [3.63, 3.8) is 0 Å². The van der Waals surface area contributed by atoms with Gasteiger partial charge >= 0.3 is 0 Å². The van der Waals surface area contributed by atoms with Gasteiger partial charge in [-0.15, -0.1) is 0 Å². The first-order chi connectivity index (χ1) is 8.20. The third kappa shape index (κ3) is 2.97. The van der Waals surface area contributed by atoms with Crippen molar-refractivity contribution in [1.29, 1.82) is 0 Å². The summed E-state index contributed by atoms with van der Waals surface area (Å²) in [6, 6.07) is 5.27. The van der Waals surface area contributed by atoms with Gasteiger partial charge in [-0.05, 0) is 37.9 Å². The average molecular weight is 236 g/mol. The summed E-state index contributed by atoms with van der Waals surface area (Å²) in [6.07, 6.45) is 3.74. The highest BCUT2D eigenvalue weighted by atomic mass is 19.1. The van der Waals surface area contributed by atoms with Crippen molar-refractivity contribution in [1.82, 2.24) is 4.90 Å². The molecule has 0 atom stereocenters. The largest absolute Gasteiger partial charge is 0.396 e. The monoisotopic (exact) mass is 236 g/mol. The van der Waals surface area contributed by atoms with E-state index >= 15 is 0 Å². The summed E-state index contributed by atoms with van der Waals surface area (Å²) in [4.78, 5) is 2.32. The van der Waals surface area contributed by atoms with E-state index in [2.05, 4.69) is 11.8 Å². The van der Waals surface area contributed by atoms with E-state index in [4.69, 9.17) is 5.73 Å². The molecule has 0 amide bonds. The third-order valence-electron chi connectivity index (χ3n) is 3.79. The van der Waals surface area contributed by atoms with Crippen LogP contribution in [-0.4, -0.2) is 18.0 Å². The Morgan fingerprint density at radius 1 is 1.35 bits per heavy atom. The zero-order chi connectivity index (χ0) is 12.3. The molecule has 94 valence electrons. The predicted molar refractivity (Wildman–Crippen MR) is 69.1 cm³/mol. The van der Waals surface area contributed by atoms with Crippen LogP contribution in [-0.2, 0) is 6.54 Å². The standard InChI is InChI=1S/C14H21FN2/c1-2-11-6-8-17(9-7-11)10-12-4-3-5-13(16)14(12)15/h3-5,11H,2,6-10,16H2,1H3. The molecular weight excluding hydrogens is 215 g/mol. The molecule has 1 aliphatic heterocycles. The molecule has 1 heterocycles. The Hall–Kier alpha value is -1.09. The topological polar surface area (TPSA) is 29.3 Å². The quantitative estimate of drug-likeness (QED) is 0.817. The maximum absolute atomic E-state index is 13.7. The number of nitrogens with zero attached hydrogens (tertiary/aromatic N) is 1. The van der Waals surface area contributed by atoms with Crippen LogP contribution in [0.25, 0.3) is 0 Å². The van der Waals surface area contributed by atoms with Gasteiger partial charge in [0.25, 0.3) is 0 Å². The molecule has 0 radical (unpaired) electrons. The number of piperidine rings is 1. The summed E-state index contributed by atoms with van der Waals surface area (Å²) >= 11 is 0. The molecule has 0 saturated carbocycles. The van der Waals surface area contributed by atoms with E-state index in [-0.39, 0.29) is 11.5 Å². The van der Waals surface area contributed by atoms with Gasteiger partial charge in [-0.2, -0.15) is 0 Å². The lowest BCUT2D eigenvalue weighted by atomic mass is 9.94. The van der Waals surface area contributed by atoms with Crippen molar-refractivity contribution in [2.75, 3.05) is 18.8 Å². The van der Waals surface area contributed by atoms with Gasteiger partial charge < -0.3 is 5.73 Å². The van der Waals surface area contributed by atoms with E-state index in [0.29, 0.717) is 6.54 Å². The summed E-state index contributed by atoms with van der Waals surface area (Å²) in [5, 5.41) is 0. The van der Waals surface area contributed by atoms with Gasteiger partial charge in [0.05, 0.1) is 5.69 Å². The molecule has 0 spiro atoms. The molecule has 2 N–H and O–H groups in total. The number of hydrogen-bond donors (Lipinski definition) is 1. The molecule has 1 saturated heterocycles. The van der Waals surface area contributed by atoms with Gasteiger partial charge in [0.2, 0.25) is 0 Å². The second-order valence-electron chi connectivity index (χ2n) is 4.95. The van der Waals surface area contributed by atoms with E-state index in [1.54, 1.807) is 6.07 Å². The normalized spacial score (nSPS) is 18.5. The minimum absolute atomic E-state index is 0.245. The summed E-state index contributed by atoms with van der Waals surface area (Å²) in [7, 11) is 0. The molecule has 0 unspecified atom stereocenters. The Labute approximate surface area is 103 Å². The molecule has 1 aromatic carbocycles. The van der Waals surface area contributed by atoms with Gasteiger partial charge in [-0.25, -0.2) is 4.39 Å². The van der Waals surface area contributed by atoms with Gasteiger partial charge in [-0.3, -0.25) is 4.90 Å². The van der Waals surface area contributed by atoms with E-state index in [1.807, 2.05) is 12.1 Å². The molecule has 1 aliphatic rings. The van der Waals surface area contributed by atoms with Gasteiger partial charge in [0.1, 0.15) is 0 Å². The van der Waals surface area contributed by atoms with Crippen molar-refractivity contribution in [3.8, 4) is 0 Å². The first kappa shape index (κ1) is 12.4. The van der Waals surface area contributed by atoms with Crippen LogP contribution >= 0.6 is 0 Å². The van der Waals surface area contributed by atoms with Gasteiger partial charge in [0, 0.05) is 12.1 Å². The number of nitrogens with two attached hydrogens (primary N) is 1. The highest BCUT2D eigenvalue weighted by Crippen LogP contribution is 2.23. The number of rotatable bonds is 3. The van der Waals surface area contributed by atoms with Crippen molar-refractivity contribution >= 4 is 5.69 Å². The maximum Gasteiger partial charge on any atom is 0.150 e. The van der Waals surface area contributed by atoms with Crippen molar-refractivity contribution in [3.05, 3.63) is 29.6 Å². The fraction of sp³-hybridized carbons (Fsp3) is 0.571. The Kier molecular flexibility index (Phi) is 4.00.